The first-order valence-electron chi connectivity index (χ1n) is 5.67. The molecule has 0 atom stereocenters. The quantitative estimate of drug-likeness (QED) is 0.723. The third kappa shape index (κ3) is 2.11. The lowest BCUT2D eigenvalue weighted by molar-refractivity contribution is 0.415. The minimum absolute atomic E-state index is 0.481. The lowest BCUT2D eigenvalue weighted by atomic mass is 10.2. The molecule has 0 saturated carbocycles. The summed E-state index contributed by atoms with van der Waals surface area (Å²) < 4.78 is 11.0. The van der Waals surface area contributed by atoms with E-state index >= 15 is 0 Å². The summed E-state index contributed by atoms with van der Waals surface area (Å²) in [4.78, 5) is 4.42. The lowest BCUT2D eigenvalue weighted by Crippen LogP contribution is -1.91. The normalized spacial score (nSPS) is 10.8. The summed E-state index contributed by atoms with van der Waals surface area (Å²) in [6, 6.07) is 10.7. The van der Waals surface area contributed by atoms with Crippen molar-refractivity contribution in [3.05, 3.63) is 41.4 Å². The molecular formula is C14H11ClN2O2. The van der Waals surface area contributed by atoms with Crippen molar-refractivity contribution >= 4 is 28.4 Å². The molecule has 0 aliphatic rings. The Morgan fingerprint density at radius 2 is 2.05 bits per heavy atom. The van der Waals surface area contributed by atoms with E-state index < -0.39 is 0 Å². The van der Waals surface area contributed by atoms with Crippen LogP contribution in [0.4, 0.5) is 5.69 Å². The van der Waals surface area contributed by atoms with Crippen LogP contribution < -0.4 is 10.5 Å². The third-order valence-electron chi connectivity index (χ3n) is 2.81. The van der Waals surface area contributed by atoms with Gasteiger partial charge in [0.1, 0.15) is 11.3 Å². The van der Waals surface area contributed by atoms with Crippen molar-refractivity contribution in [2.75, 3.05) is 12.8 Å². The molecule has 0 saturated heterocycles. The zero-order chi connectivity index (χ0) is 13.4. The number of oxazole rings is 1. The largest absolute Gasteiger partial charge is 0.496 e. The lowest BCUT2D eigenvalue weighted by Gasteiger charge is -2.05. The number of rotatable bonds is 2. The highest BCUT2D eigenvalue weighted by atomic mass is 35.5. The Morgan fingerprint density at radius 3 is 2.84 bits per heavy atom. The number of aromatic nitrogens is 1. The molecule has 0 fully saturated rings. The monoisotopic (exact) mass is 274 g/mol. The van der Waals surface area contributed by atoms with Gasteiger partial charge in [0.25, 0.3) is 0 Å². The minimum Gasteiger partial charge on any atom is -0.496 e. The highest BCUT2D eigenvalue weighted by Crippen LogP contribution is 2.33. The van der Waals surface area contributed by atoms with Gasteiger partial charge in [0.2, 0.25) is 5.89 Å². The van der Waals surface area contributed by atoms with Gasteiger partial charge in [0, 0.05) is 22.8 Å². The number of nitrogen functional groups attached to an aromatic ring is 1. The van der Waals surface area contributed by atoms with E-state index in [0.29, 0.717) is 27.9 Å². The first-order chi connectivity index (χ1) is 9.17. The van der Waals surface area contributed by atoms with Crippen LogP contribution in [-0.4, -0.2) is 12.1 Å². The number of anilines is 1. The number of benzene rings is 2. The van der Waals surface area contributed by atoms with E-state index in [1.807, 2.05) is 12.1 Å². The Kier molecular flexibility index (Phi) is 2.80. The zero-order valence-electron chi connectivity index (χ0n) is 10.2. The summed E-state index contributed by atoms with van der Waals surface area (Å²) in [5.74, 6) is 1.10. The molecule has 1 aromatic heterocycles. The number of ether oxygens (including phenoxy) is 1. The molecule has 0 radical (unpaired) electrons. The average molecular weight is 275 g/mol. The summed E-state index contributed by atoms with van der Waals surface area (Å²) >= 11 is 5.92. The maximum Gasteiger partial charge on any atom is 0.231 e. The van der Waals surface area contributed by atoms with Gasteiger partial charge < -0.3 is 14.9 Å². The molecule has 0 bridgehead atoms. The van der Waals surface area contributed by atoms with Crippen molar-refractivity contribution in [3.8, 4) is 17.2 Å². The molecule has 3 aromatic rings. The van der Waals surface area contributed by atoms with Gasteiger partial charge in [0.05, 0.1) is 12.7 Å². The molecule has 0 aliphatic heterocycles. The minimum atomic E-state index is 0.481. The molecule has 0 amide bonds. The van der Waals surface area contributed by atoms with Crippen molar-refractivity contribution in [1.29, 1.82) is 0 Å². The molecule has 1 heterocycles. The van der Waals surface area contributed by atoms with Crippen LogP contribution in [0.1, 0.15) is 0 Å². The summed E-state index contributed by atoms with van der Waals surface area (Å²) in [5, 5.41) is 0.611. The number of methoxy groups -OCH3 is 1. The van der Waals surface area contributed by atoms with Gasteiger partial charge in [-0.15, -0.1) is 0 Å². The van der Waals surface area contributed by atoms with Gasteiger partial charge in [-0.05, 0) is 24.3 Å². The molecule has 4 nitrogen and oxygen atoms in total. The van der Waals surface area contributed by atoms with Crippen LogP contribution in [0.5, 0.6) is 5.75 Å². The third-order valence-corrected chi connectivity index (χ3v) is 3.04. The molecule has 0 aliphatic carbocycles. The first-order valence-corrected chi connectivity index (χ1v) is 6.05. The first kappa shape index (κ1) is 11.9. The van der Waals surface area contributed by atoms with Crippen LogP contribution in [0.25, 0.3) is 22.6 Å². The van der Waals surface area contributed by atoms with Crippen LogP contribution in [-0.2, 0) is 0 Å². The van der Waals surface area contributed by atoms with Crippen LogP contribution in [0, 0.1) is 0 Å². The van der Waals surface area contributed by atoms with E-state index in [1.165, 1.54) is 0 Å². The second kappa shape index (κ2) is 4.48. The maximum atomic E-state index is 5.92. The van der Waals surface area contributed by atoms with E-state index in [-0.39, 0.29) is 0 Å². The summed E-state index contributed by atoms with van der Waals surface area (Å²) in [6.07, 6.45) is 0. The van der Waals surface area contributed by atoms with E-state index in [9.17, 15) is 0 Å². The van der Waals surface area contributed by atoms with Crippen molar-refractivity contribution in [1.82, 2.24) is 4.98 Å². The molecule has 96 valence electrons. The predicted octanol–water partition coefficient (Wildman–Crippen LogP) is 3.74. The van der Waals surface area contributed by atoms with Crippen LogP contribution >= 0.6 is 11.6 Å². The second-order valence-electron chi connectivity index (χ2n) is 4.09. The van der Waals surface area contributed by atoms with Gasteiger partial charge in [-0.3, -0.25) is 0 Å². The Morgan fingerprint density at radius 1 is 1.21 bits per heavy atom. The van der Waals surface area contributed by atoms with Gasteiger partial charge in [-0.1, -0.05) is 11.6 Å². The number of hydrogen-bond acceptors (Lipinski definition) is 4. The Bertz CT molecular complexity index is 752. The van der Waals surface area contributed by atoms with Crippen molar-refractivity contribution < 1.29 is 9.15 Å². The summed E-state index contributed by atoms with van der Waals surface area (Å²) in [5.41, 5.74) is 8.49. The van der Waals surface area contributed by atoms with Crippen molar-refractivity contribution in [2.45, 2.75) is 0 Å². The van der Waals surface area contributed by atoms with Crippen LogP contribution in [0.3, 0.4) is 0 Å². The van der Waals surface area contributed by atoms with Gasteiger partial charge in [-0.2, -0.15) is 0 Å². The number of fused-ring (bicyclic) bond motifs is 1. The molecule has 2 aromatic carbocycles. The van der Waals surface area contributed by atoms with Crippen molar-refractivity contribution in [2.24, 2.45) is 0 Å². The fourth-order valence-electron chi connectivity index (χ4n) is 1.90. The van der Waals surface area contributed by atoms with Crippen molar-refractivity contribution in [3.63, 3.8) is 0 Å². The molecule has 0 unspecified atom stereocenters. The van der Waals surface area contributed by atoms with Crippen LogP contribution in [0.15, 0.2) is 40.8 Å². The Labute approximate surface area is 114 Å². The Hall–Kier alpha value is -2.20. The summed E-state index contributed by atoms with van der Waals surface area (Å²) in [7, 11) is 1.58. The Balaban J connectivity index is 2.18. The highest BCUT2D eigenvalue weighted by Gasteiger charge is 2.13. The van der Waals surface area contributed by atoms with E-state index in [0.717, 1.165) is 11.1 Å². The second-order valence-corrected chi connectivity index (χ2v) is 4.53. The molecular weight excluding hydrogens is 264 g/mol. The number of nitrogens with two attached hydrogens (primary N) is 1. The molecule has 5 heteroatoms. The van der Waals surface area contributed by atoms with Gasteiger partial charge in [-0.25, -0.2) is 4.98 Å². The predicted molar refractivity (Wildman–Crippen MR) is 75.4 cm³/mol. The fourth-order valence-corrected chi connectivity index (χ4v) is 2.06. The molecule has 3 rings (SSSR count). The SMILES string of the molecule is COc1cc(N)ccc1-c1nc2ccc(Cl)cc2o1. The number of hydrogen-bond donors (Lipinski definition) is 1. The van der Waals surface area contributed by atoms with E-state index in [2.05, 4.69) is 4.98 Å². The summed E-state index contributed by atoms with van der Waals surface area (Å²) in [6.45, 7) is 0. The zero-order valence-corrected chi connectivity index (χ0v) is 10.9. The fraction of sp³-hybridized carbons (Fsp3) is 0.0714. The number of nitrogens with zero attached hydrogens (tertiary/aromatic N) is 1. The van der Waals surface area contributed by atoms with Gasteiger partial charge in [0.15, 0.2) is 5.58 Å². The topological polar surface area (TPSA) is 61.3 Å². The molecule has 2 N–H and O–H groups in total. The highest BCUT2D eigenvalue weighted by molar-refractivity contribution is 6.31. The maximum absolute atomic E-state index is 5.92. The average Bonchev–Trinajstić information content (AvgIpc) is 2.81. The van der Waals surface area contributed by atoms with Crippen LogP contribution in [0.2, 0.25) is 5.02 Å². The smallest absolute Gasteiger partial charge is 0.231 e. The van der Waals surface area contributed by atoms with Gasteiger partial charge >= 0.3 is 0 Å². The van der Waals surface area contributed by atoms with E-state index in [4.69, 9.17) is 26.5 Å². The van der Waals surface area contributed by atoms with E-state index in [1.54, 1.807) is 31.4 Å². The molecule has 19 heavy (non-hydrogen) atoms. The number of halogens is 1. The molecule has 0 spiro atoms. The standard InChI is InChI=1S/C14H11ClN2O2/c1-18-12-7-9(16)3-4-10(12)14-17-11-5-2-8(15)6-13(11)19-14/h2-7H,16H2,1H3.